The number of halogens is 4. The molecular formula is C82H90Cl4N2O6Si2. The van der Waals surface area contributed by atoms with Gasteiger partial charge < -0.3 is 28.1 Å². The van der Waals surface area contributed by atoms with E-state index in [-0.39, 0.29) is 34.0 Å². The summed E-state index contributed by atoms with van der Waals surface area (Å²) in [4.78, 5) is 34.3. The summed E-state index contributed by atoms with van der Waals surface area (Å²) >= 11 is 26.0. The van der Waals surface area contributed by atoms with Gasteiger partial charge in [0.15, 0.2) is 0 Å². The molecule has 8 aromatic rings. The molecule has 8 nitrogen and oxygen atoms in total. The molecule has 0 radical (unpaired) electrons. The summed E-state index contributed by atoms with van der Waals surface area (Å²) in [5, 5.41) is 6.98. The summed E-state index contributed by atoms with van der Waals surface area (Å²) in [6.07, 6.45) is 7.47. The average molecular weight is 1400 g/mol. The molecule has 0 bridgehead atoms. The smallest absolute Gasteiger partial charge is 0.261 e. The Kier molecular flexibility index (Phi) is 21.9. The van der Waals surface area contributed by atoms with Crippen molar-refractivity contribution >= 4 is 95.6 Å². The van der Waals surface area contributed by atoms with Crippen molar-refractivity contribution in [2.75, 3.05) is 13.2 Å². The first kappa shape index (κ1) is 70.9. The lowest BCUT2D eigenvalue weighted by Gasteiger charge is -2.52. The van der Waals surface area contributed by atoms with Crippen molar-refractivity contribution in [3.8, 4) is 0 Å². The van der Waals surface area contributed by atoms with Crippen LogP contribution in [0.2, 0.25) is 30.2 Å². The molecule has 12 rings (SSSR count). The van der Waals surface area contributed by atoms with Crippen molar-refractivity contribution in [3.05, 3.63) is 286 Å². The Bertz CT molecular complexity index is 3620. The molecule has 0 aromatic heterocycles. The molecule has 2 aliphatic carbocycles. The lowest BCUT2D eigenvalue weighted by Crippen LogP contribution is -2.68. The summed E-state index contributed by atoms with van der Waals surface area (Å²) in [6, 6.07) is 72.7. The van der Waals surface area contributed by atoms with Crippen molar-refractivity contribution < 1.29 is 27.9 Å². The molecule has 2 aliphatic heterocycles. The fraction of sp³-hybridized carbons (Fsp3) is 0.341. The molecule has 0 unspecified atom stereocenters. The zero-order valence-corrected chi connectivity index (χ0v) is 61.5. The van der Waals surface area contributed by atoms with E-state index >= 15 is 9.59 Å². The molecular weight excluding hydrogens is 1310 g/mol. The Balaban J connectivity index is 0.000000195. The van der Waals surface area contributed by atoms with Crippen LogP contribution in [0.15, 0.2) is 244 Å². The van der Waals surface area contributed by atoms with Crippen LogP contribution in [-0.4, -0.2) is 74.7 Å². The van der Waals surface area contributed by atoms with Gasteiger partial charge in [-0.3, -0.25) is 9.59 Å². The van der Waals surface area contributed by atoms with Crippen LogP contribution in [0.1, 0.15) is 140 Å². The number of nitrogens with zero attached hydrogens (tertiary/aromatic N) is 2. The number of hydrogen-bond donors (Lipinski definition) is 0. The van der Waals surface area contributed by atoms with E-state index in [1.165, 1.54) is 20.7 Å². The Morgan fingerprint density at radius 2 is 0.750 bits per heavy atom. The first-order valence-corrected chi connectivity index (χ1v) is 39.0. The molecule has 2 amide bonds. The van der Waals surface area contributed by atoms with Gasteiger partial charge in [-0.25, -0.2) is 0 Å². The highest BCUT2D eigenvalue weighted by molar-refractivity contribution is 7.00. The zero-order valence-electron chi connectivity index (χ0n) is 56.5. The van der Waals surface area contributed by atoms with Gasteiger partial charge in [0.2, 0.25) is 0 Å². The third kappa shape index (κ3) is 14.7. The number of amides is 2. The molecule has 0 spiro atoms. The van der Waals surface area contributed by atoms with Crippen LogP contribution >= 0.6 is 46.4 Å². The first-order valence-electron chi connectivity index (χ1n) is 33.7. The fourth-order valence-corrected chi connectivity index (χ4v) is 24.9. The maximum Gasteiger partial charge on any atom is 0.261 e. The first-order chi connectivity index (χ1) is 46.0. The molecule has 500 valence electrons. The van der Waals surface area contributed by atoms with Crippen LogP contribution in [0, 0.1) is 11.8 Å². The lowest BCUT2D eigenvalue weighted by atomic mass is 9.85. The minimum Gasteiger partial charge on any atom is -0.405 e. The highest BCUT2D eigenvalue weighted by Gasteiger charge is 2.59. The fourth-order valence-electron chi connectivity index (χ4n) is 15.1. The van der Waals surface area contributed by atoms with E-state index in [1.807, 2.05) is 111 Å². The van der Waals surface area contributed by atoms with Gasteiger partial charge in [0.25, 0.3) is 28.4 Å². The third-order valence-electron chi connectivity index (χ3n) is 20.0. The van der Waals surface area contributed by atoms with Crippen LogP contribution in [0.4, 0.5) is 0 Å². The van der Waals surface area contributed by atoms with E-state index in [2.05, 4.69) is 186 Å². The minimum absolute atomic E-state index is 0.0522. The SMILES string of the molecule is C=CC[C@@]1(C)O[C@H](c2cccc(Cl)c2)[C@@H](c2ccc(Cl)cc2)N([C@H](CO[Si](c2ccccc2)(c2ccccc2)C(C)(C)C)C2CC2)C1=O.C=CC[C@]1(C)O[C@H](c2cccc(Cl)c2)[C@@H](c2ccc(Cl)cc2)N([C@H](CO[Si](c2ccccc2)(c2ccccc2)C(C)(C)C)C2CC2)C1=O. The van der Waals surface area contributed by atoms with E-state index in [4.69, 9.17) is 64.7 Å². The maximum absolute atomic E-state index is 15.0. The second-order valence-electron chi connectivity index (χ2n) is 28.8. The van der Waals surface area contributed by atoms with Gasteiger partial charge in [0.05, 0.1) is 37.4 Å². The number of benzene rings is 8. The molecule has 0 N–H and O–H groups in total. The zero-order chi connectivity index (χ0) is 68.2. The molecule has 8 atom stereocenters. The molecule has 14 heteroatoms. The summed E-state index contributed by atoms with van der Waals surface area (Å²) in [6.45, 7) is 26.4. The predicted octanol–water partition coefficient (Wildman–Crippen LogP) is 18.6. The maximum atomic E-state index is 15.0. The largest absolute Gasteiger partial charge is 0.405 e. The van der Waals surface area contributed by atoms with E-state index in [0.717, 1.165) is 47.9 Å². The van der Waals surface area contributed by atoms with Gasteiger partial charge >= 0.3 is 0 Å². The summed E-state index contributed by atoms with van der Waals surface area (Å²) in [7, 11) is -5.77. The minimum atomic E-state index is -2.88. The Morgan fingerprint density at radius 3 is 1.01 bits per heavy atom. The number of hydrogen-bond acceptors (Lipinski definition) is 6. The summed E-state index contributed by atoms with van der Waals surface area (Å²) < 4.78 is 28.9. The Labute approximate surface area is 591 Å². The number of morpholine rings is 2. The van der Waals surface area contributed by atoms with E-state index < -0.39 is 52.1 Å². The monoisotopic (exact) mass is 1390 g/mol. The van der Waals surface area contributed by atoms with E-state index in [1.54, 1.807) is 12.2 Å². The van der Waals surface area contributed by atoms with Crippen LogP contribution in [0.3, 0.4) is 0 Å². The van der Waals surface area contributed by atoms with Crippen molar-refractivity contribution in [1.29, 1.82) is 0 Å². The van der Waals surface area contributed by atoms with Crippen molar-refractivity contribution in [1.82, 2.24) is 9.80 Å². The lowest BCUT2D eigenvalue weighted by molar-refractivity contribution is -0.204. The van der Waals surface area contributed by atoms with Crippen molar-refractivity contribution in [2.24, 2.45) is 11.8 Å². The number of carbonyl (C=O) groups is 2. The molecule has 2 saturated heterocycles. The Hall–Kier alpha value is -6.39. The van der Waals surface area contributed by atoms with Crippen LogP contribution < -0.4 is 20.7 Å². The van der Waals surface area contributed by atoms with E-state index in [9.17, 15) is 0 Å². The van der Waals surface area contributed by atoms with Crippen LogP contribution in [0.25, 0.3) is 0 Å². The Morgan fingerprint density at radius 1 is 0.448 bits per heavy atom. The number of rotatable bonds is 22. The number of ether oxygens (including phenoxy) is 2. The normalized spacial score (nSPS) is 22.4. The standard InChI is InChI=1S/2C41H45Cl2NO3Si/c2*1-6-26-41(5)39(45)44(37(30-22-24-32(42)25-23-30)38(47-41)31-14-13-15-33(43)27-31)36(29-20-21-29)28-46-48(40(2,3)4,34-16-9-7-10-17-34)35-18-11-8-12-19-35/h2*6-19,22-25,27,29,36-38H,1,20-21,26,28H2,2-5H3/t36-,37-,38-,41+;36-,37-,38-,41-/m11/s1. The molecule has 8 aromatic carbocycles. The third-order valence-corrected chi connectivity index (χ3v) is 31.0. The highest BCUT2D eigenvalue weighted by Crippen LogP contribution is 2.54. The van der Waals surface area contributed by atoms with Gasteiger partial charge in [0.1, 0.15) is 23.4 Å². The van der Waals surface area contributed by atoms with Gasteiger partial charge in [-0.1, -0.05) is 270 Å². The van der Waals surface area contributed by atoms with Gasteiger partial charge in [-0.2, -0.15) is 0 Å². The second kappa shape index (κ2) is 29.6. The van der Waals surface area contributed by atoms with Crippen molar-refractivity contribution in [3.63, 3.8) is 0 Å². The summed E-state index contributed by atoms with van der Waals surface area (Å²) in [5.74, 6) is 0.494. The van der Waals surface area contributed by atoms with E-state index in [0.29, 0.717) is 58.0 Å². The summed E-state index contributed by atoms with van der Waals surface area (Å²) in [5.41, 5.74) is 1.49. The van der Waals surface area contributed by atoms with Crippen LogP contribution in [0.5, 0.6) is 0 Å². The predicted molar refractivity (Wildman–Crippen MR) is 399 cm³/mol. The molecule has 4 aliphatic rings. The number of carbonyl (C=O) groups excluding carboxylic acids is 2. The van der Waals surface area contributed by atoms with Crippen molar-refractivity contribution in [2.45, 2.75) is 152 Å². The van der Waals surface area contributed by atoms with Gasteiger partial charge in [0, 0.05) is 32.9 Å². The highest BCUT2D eigenvalue weighted by atomic mass is 35.5. The molecule has 96 heavy (non-hydrogen) atoms. The molecule has 4 fully saturated rings. The molecule has 2 saturated carbocycles. The molecule has 2 heterocycles. The van der Waals surface area contributed by atoms with Gasteiger partial charge in [-0.05, 0) is 153 Å². The topological polar surface area (TPSA) is 77.5 Å². The second-order valence-corrected chi connectivity index (χ2v) is 39.2. The van der Waals surface area contributed by atoms with Gasteiger partial charge in [-0.15, -0.1) is 13.2 Å². The quantitative estimate of drug-likeness (QED) is 0.0497. The van der Waals surface area contributed by atoms with Crippen LogP contribution in [-0.2, 0) is 27.9 Å². The average Bonchev–Trinajstić information content (AvgIpc) is 1.34.